The summed E-state index contributed by atoms with van der Waals surface area (Å²) in [6.45, 7) is 2.58. The number of carbonyl (C=O) groups is 2. The normalized spacial score (nSPS) is 23.5. The summed E-state index contributed by atoms with van der Waals surface area (Å²) in [6.07, 6.45) is 11.4. The lowest BCUT2D eigenvalue weighted by atomic mass is 9.80. The van der Waals surface area contributed by atoms with E-state index in [1.807, 2.05) is 24.1 Å². The summed E-state index contributed by atoms with van der Waals surface area (Å²) in [4.78, 5) is 33.3. The van der Waals surface area contributed by atoms with Crippen molar-refractivity contribution in [1.82, 2.24) is 14.8 Å². The van der Waals surface area contributed by atoms with Crippen molar-refractivity contribution in [2.75, 3.05) is 26.7 Å². The van der Waals surface area contributed by atoms with E-state index in [1.165, 1.54) is 12.0 Å². The molecular formula is C21H31N3O2. The van der Waals surface area contributed by atoms with Gasteiger partial charge in [-0.05, 0) is 69.1 Å². The Morgan fingerprint density at radius 3 is 2.31 bits per heavy atom. The topological polar surface area (TPSA) is 53.5 Å². The van der Waals surface area contributed by atoms with Crippen LogP contribution in [0.2, 0.25) is 0 Å². The molecule has 0 bridgehead atoms. The summed E-state index contributed by atoms with van der Waals surface area (Å²) in [7, 11) is 1.90. The fourth-order valence-corrected chi connectivity index (χ4v) is 4.23. The highest BCUT2D eigenvalue weighted by Crippen LogP contribution is 2.31. The maximum Gasteiger partial charge on any atom is 0.225 e. The zero-order valence-corrected chi connectivity index (χ0v) is 15.9. The van der Waals surface area contributed by atoms with Gasteiger partial charge in [0.05, 0.1) is 0 Å². The highest BCUT2D eigenvalue weighted by atomic mass is 16.2. The summed E-state index contributed by atoms with van der Waals surface area (Å²) >= 11 is 0. The molecule has 3 rings (SSSR count). The average molecular weight is 357 g/mol. The molecule has 142 valence electrons. The zero-order chi connectivity index (χ0) is 18.4. The molecule has 1 aromatic heterocycles. The van der Waals surface area contributed by atoms with Gasteiger partial charge in [0, 0.05) is 50.9 Å². The van der Waals surface area contributed by atoms with Gasteiger partial charge in [0.1, 0.15) is 0 Å². The molecule has 2 heterocycles. The van der Waals surface area contributed by atoms with E-state index in [1.54, 1.807) is 12.4 Å². The number of hydrogen-bond acceptors (Lipinski definition) is 3. The predicted octanol–water partition coefficient (Wildman–Crippen LogP) is 2.90. The van der Waals surface area contributed by atoms with Crippen LogP contribution in [0.4, 0.5) is 0 Å². The molecular weight excluding hydrogens is 326 g/mol. The lowest BCUT2D eigenvalue weighted by Gasteiger charge is -2.34. The minimum Gasteiger partial charge on any atom is -0.345 e. The maximum absolute atomic E-state index is 12.7. The van der Waals surface area contributed by atoms with Crippen molar-refractivity contribution in [1.29, 1.82) is 0 Å². The lowest BCUT2D eigenvalue weighted by Crippen LogP contribution is -2.42. The summed E-state index contributed by atoms with van der Waals surface area (Å²) in [5.74, 6) is 0.798. The third kappa shape index (κ3) is 4.83. The number of rotatable bonds is 5. The van der Waals surface area contributed by atoms with Crippen molar-refractivity contribution in [3.8, 4) is 0 Å². The molecule has 0 aromatic carbocycles. The smallest absolute Gasteiger partial charge is 0.225 e. The van der Waals surface area contributed by atoms with Gasteiger partial charge in [0.25, 0.3) is 0 Å². The van der Waals surface area contributed by atoms with Crippen molar-refractivity contribution < 1.29 is 9.59 Å². The van der Waals surface area contributed by atoms with E-state index in [0.29, 0.717) is 5.91 Å². The SMILES string of the molecule is CN(CCc1ccncc1)C(=O)C1CCC(C(=O)N2CCCCC2)CC1. The number of likely N-dealkylation sites (tertiary alicyclic amines) is 1. The van der Waals surface area contributed by atoms with Gasteiger partial charge < -0.3 is 9.80 Å². The predicted molar refractivity (Wildman–Crippen MR) is 101 cm³/mol. The van der Waals surface area contributed by atoms with E-state index < -0.39 is 0 Å². The summed E-state index contributed by atoms with van der Waals surface area (Å²) < 4.78 is 0. The Hall–Kier alpha value is -1.91. The Morgan fingerprint density at radius 2 is 1.65 bits per heavy atom. The number of hydrogen-bond donors (Lipinski definition) is 0. The largest absolute Gasteiger partial charge is 0.345 e. The molecule has 26 heavy (non-hydrogen) atoms. The van der Waals surface area contributed by atoms with Crippen LogP contribution in [0.5, 0.6) is 0 Å². The molecule has 2 fully saturated rings. The van der Waals surface area contributed by atoms with Gasteiger partial charge in [-0.3, -0.25) is 14.6 Å². The Balaban J connectivity index is 1.43. The second-order valence-corrected chi connectivity index (χ2v) is 7.80. The van der Waals surface area contributed by atoms with Crippen LogP contribution < -0.4 is 0 Å². The molecule has 1 aliphatic carbocycles. The molecule has 5 heteroatoms. The second-order valence-electron chi connectivity index (χ2n) is 7.80. The van der Waals surface area contributed by atoms with Crippen LogP contribution in [0.15, 0.2) is 24.5 Å². The van der Waals surface area contributed by atoms with Gasteiger partial charge in [0.15, 0.2) is 0 Å². The van der Waals surface area contributed by atoms with E-state index in [0.717, 1.165) is 64.6 Å². The summed E-state index contributed by atoms with van der Waals surface area (Å²) in [5.41, 5.74) is 1.20. The van der Waals surface area contributed by atoms with E-state index >= 15 is 0 Å². The maximum atomic E-state index is 12.7. The Labute approximate surface area is 156 Å². The first-order chi connectivity index (χ1) is 12.6. The number of carbonyl (C=O) groups excluding carboxylic acids is 2. The first kappa shape index (κ1) is 18.9. The second kappa shape index (κ2) is 9.15. The van der Waals surface area contributed by atoms with E-state index in [9.17, 15) is 9.59 Å². The van der Waals surface area contributed by atoms with Crippen LogP contribution in [0.3, 0.4) is 0 Å². The Kier molecular flexibility index (Phi) is 6.64. The summed E-state index contributed by atoms with van der Waals surface area (Å²) in [5, 5.41) is 0. The van der Waals surface area contributed by atoms with Crippen molar-refractivity contribution in [2.45, 2.75) is 51.4 Å². The molecule has 0 radical (unpaired) electrons. The third-order valence-corrected chi connectivity index (χ3v) is 5.95. The molecule has 0 N–H and O–H groups in total. The quantitative estimate of drug-likeness (QED) is 0.814. The van der Waals surface area contributed by atoms with Gasteiger partial charge in [-0.25, -0.2) is 0 Å². The number of nitrogens with zero attached hydrogens (tertiary/aromatic N) is 3. The zero-order valence-electron chi connectivity index (χ0n) is 15.9. The van der Waals surface area contributed by atoms with Crippen molar-refractivity contribution >= 4 is 11.8 Å². The van der Waals surface area contributed by atoms with Gasteiger partial charge in [-0.1, -0.05) is 0 Å². The number of amides is 2. The van der Waals surface area contributed by atoms with Crippen LogP contribution in [0.25, 0.3) is 0 Å². The highest BCUT2D eigenvalue weighted by Gasteiger charge is 2.33. The van der Waals surface area contributed by atoms with Crippen molar-refractivity contribution in [2.24, 2.45) is 11.8 Å². The summed E-state index contributed by atoms with van der Waals surface area (Å²) in [6, 6.07) is 3.99. The molecule has 1 saturated carbocycles. The van der Waals surface area contributed by atoms with Crippen LogP contribution in [0.1, 0.15) is 50.5 Å². The lowest BCUT2D eigenvalue weighted by molar-refractivity contribution is -0.141. The number of likely N-dealkylation sites (N-methyl/N-ethyl adjacent to an activating group) is 1. The van der Waals surface area contributed by atoms with Crippen LogP contribution in [-0.4, -0.2) is 53.3 Å². The van der Waals surface area contributed by atoms with Gasteiger partial charge in [0.2, 0.25) is 11.8 Å². The highest BCUT2D eigenvalue weighted by molar-refractivity contribution is 5.81. The molecule has 1 aliphatic heterocycles. The van der Waals surface area contributed by atoms with E-state index in [-0.39, 0.29) is 17.7 Å². The molecule has 0 unspecified atom stereocenters. The van der Waals surface area contributed by atoms with E-state index in [4.69, 9.17) is 0 Å². The standard InChI is InChI=1S/C21H31N3O2/c1-23(16-11-17-9-12-22-13-10-17)20(25)18-5-7-19(8-6-18)21(26)24-14-3-2-4-15-24/h9-10,12-13,18-19H,2-8,11,14-16H2,1H3. The Bertz CT molecular complexity index is 591. The van der Waals surface area contributed by atoms with Crippen molar-refractivity contribution in [3.63, 3.8) is 0 Å². The fraction of sp³-hybridized carbons (Fsp3) is 0.667. The van der Waals surface area contributed by atoms with Crippen molar-refractivity contribution in [3.05, 3.63) is 30.1 Å². The molecule has 0 atom stereocenters. The molecule has 5 nitrogen and oxygen atoms in total. The number of pyridine rings is 1. The van der Waals surface area contributed by atoms with Crippen LogP contribution >= 0.6 is 0 Å². The average Bonchev–Trinajstić information content (AvgIpc) is 2.72. The third-order valence-electron chi connectivity index (χ3n) is 5.95. The fourth-order valence-electron chi connectivity index (χ4n) is 4.23. The minimum absolute atomic E-state index is 0.0860. The van der Waals surface area contributed by atoms with Crippen LogP contribution in [0, 0.1) is 11.8 Å². The van der Waals surface area contributed by atoms with E-state index in [2.05, 4.69) is 9.88 Å². The van der Waals surface area contributed by atoms with Crippen LogP contribution in [-0.2, 0) is 16.0 Å². The van der Waals surface area contributed by atoms with Gasteiger partial charge in [-0.2, -0.15) is 0 Å². The Morgan fingerprint density at radius 1 is 1.04 bits per heavy atom. The molecule has 2 amide bonds. The molecule has 1 saturated heterocycles. The number of piperidine rings is 1. The number of aromatic nitrogens is 1. The monoisotopic (exact) mass is 357 g/mol. The molecule has 2 aliphatic rings. The molecule has 1 aromatic rings. The first-order valence-electron chi connectivity index (χ1n) is 10.1. The molecule has 0 spiro atoms. The van der Waals surface area contributed by atoms with Gasteiger partial charge >= 0.3 is 0 Å². The van der Waals surface area contributed by atoms with Gasteiger partial charge in [-0.15, -0.1) is 0 Å². The minimum atomic E-state index is 0.0860. The first-order valence-corrected chi connectivity index (χ1v) is 10.1.